The molecule has 4 heteroatoms. The molecule has 1 unspecified atom stereocenters. The molecule has 0 bridgehead atoms. The van der Waals surface area contributed by atoms with Crippen LogP contribution in [0, 0.1) is 0 Å². The second-order valence-corrected chi connectivity index (χ2v) is 4.29. The van der Waals surface area contributed by atoms with Crippen molar-refractivity contribution in [3.8, 4) is 0 Å². The average Bonchev–Trinajstić information content (AvgIpc) is 2.39. The summed E-state index contributed by atoms with van der Waals surface area (Å²) >= 11 is 0. The Morgan fingerprint density at radius 1 is 1.59 bits per heavy atom. The molecule has 4 nitrogen and oxygen atoms in total. The van der Waals surface area contributed by atoms with E-state index in [0.717, 1.165) is 12.0 Å². The lowest BCUT2D eigenvalue weighted by molar-refractivity contribution is -0.134. The maximum absolute atomic E-state index is 12.0. The first-order chi connectivity index (χ1) is 8.20. The Hall–Kier alpha value is -1.68. The van der Waals surface area contributed by atoms with Gasteiger partial charge in [-0.15, -0.1) is 0 Å². The quantitative estimate of drug-likeness (QED) is 0.779. The molecule has 1 aliphatic heterocycles. The van der Waals surface area contributed by atoms with Crippen LogP contribution in [0.4, 0.5) is 0 Å². The van der Waals surface area contributed by atoms with Gasteiger partial charge in [0, 0.05) is 18.9 Å². The molecule has 2 rings (SSSR count). The number of carbonyl (C=O) groups is 1. The van der Waals surface area contributed by atoms with E-state index < -0.39 is 6.04 Å². The predicted octanol–water partition coefficient (Wildman–Crippen LogP) is 1.26. The summed E-state index contributed by atoms with van der Waals surface area (Å²) in [5, 5.41) is 0. The van der Waals surface area contributed by atoms with Crippen molar-refractivity contribution in [1.82, 2.24) is 9.88 Å². The molecule has 0 aliphatic carbocycles. The molecule has 90 valence electrons. The average molecular weight is 231 g/mol. The lowest BCUT2D eigenvalue weighted by Gasteiger charge is -2.34. The smallest absolute Gasteiger partial charge is 0.240 e. The molecule has 0 radical (unpaired) electrons. The normalized spacial score (nSPS) is 21.3. The van der Waals surface area contributed by atoms with Crippen LogP contribution in [0.15, 0.2) is 36.7 Å². The number of nitrogens with zero attached hydrogens (tertiary/aromatic N) is 2. The largest absolute Gasteiger partial charge is 0.330 e. The van der Waals surface area contributed by atoms with E-state index in [1.807, 2.05) is 29.3 Å². The number of rotatable bonds is 2. The van der Waals surface area contributed by atoms with Crippen molar-refractivity contribution >= 4 is 5.91 Å². The van der Waals surface area contributed by atoms with Gasteiger partial charge in [0.25, 0.3) is 0 Å². The molecule has 1 amide bonds. The molecule has 1 aromatic rings. The van der Waals surface area contributed by atoms with E-state index in [1.54, 1.807) is 13.1 Å². The minimum absolute atomic E-state index is 0.0109. The zero-order valence-corrected chi connectivity index (χ0v) is 9.91. The number of nitrogens with two attached hydrogens (primary N) is 1. The third-order valence-electron chi connectivity index (χ3n) is 2.95. The fraction of sp³-hybridized carbons (Fsp3) is 0.385. The first-order valence-electron chi connectivity index (χ1n) is 5.81. The van der Waals surface area contributed by atoms with Crippen LogP contribution in [0.2, 0.25) is 0 Å². The van der Waals surface area contributed by atoms with E-state index in [0.29, 0.717) is 6.54 Å². The van der Waals surface area contributed by atoms with E-state index in [2.05, 4.69) is 11.1 Å². The minimum Gasteiger partial charge on any atom is -0.330 e. The summed E-state index contributed by atoms with van der Waals surface area (Å²) in [6, 6.07) is 3.49. The van der Waals surface area contributed by atoms with Crippen molar-refractivity contribution in [1.29, 1.82) is 0 Å². The van der Waals surface area contributed by atoms with Gasteiger partial charge in [0.2, 0.25) is 5.91 Å². The molecule has 1 aromatic heterocycles. The van der Waals surface area contributed by atoms with Crippen molar-refractivity contribution in [2.45, 2.75) is 25.4 Å². The van der Waals surface area contributed by atoms with Gasteiger partial charge in [-0.25, -0.2) is 0 Å². The molecular weight excluding hydrogens is 214 g/mol. The van der Waals surface area contributed by atoms with Crippen molar-refractivity contribution in [3.63, 3.8) is 0 Å². The Morgan fingerprint density at radius 3 is 3.06 bits per heavy atom. The Labute approximate surface area is 101 Å². The molecule has 1 aliphatic rings. The van der Waals surface area contributed by atoms with E-state index in [1.165, 1.54) is 0 Å². The SMILES string of the molecule is C[C@H](N)C(=O)N1CC=CCC1c1cccnc1. The summed E-state index contributed by atoms with van der Waals surface area (Å²) in [5.41, 5.74) is 6.74. The van der Waals surface area contributed by atoms with Crippen LogP contribution in [0.5, 0.6) is 0 Å². The van der Waals surface area contributed by atoms with Crippen LogP contribution in [0.3, 0.4) is 0 Å². The Kier molecular flexibility index (Phi) is 3.54. The van der Waals surface area contributed by atoms with Gasteiger partial charge in [-0.2, -0.15) is 0 Å². The van der Waals surface area contributed by atoms with Crippen LogP contribution < -0.4 is 5.73 Å². The Balaban J connectivity index is 2.25. The molecule has 17 heavy (non-hydrogen) atoms. The fourth-order valence-electron chi connectivity index (χ4n) is 2.06. The van der Waals surface area contributed by atoms with Gasteiger partial charge in [0.15, 0.2) is 0 Å². The molecule has 0 aromatic carbocycles. The molecule has 2 heterocycles. The summed E-state index contributed by atoms with van der Waals surface area (Å²) in [6.45, 7) is 2.35. The van der Waals surface area contributed by atoms with Gasteiger partial charge in [-0.05, 0) is 25.0 Å². The number of hydrogen-bond acceptors (Lipinski definition) is 3. The predicted molar refractivity (Wildman–Crippen MR) is 66.1 cm³/mol. The standard InChI is InChI=1S/C13H17N3O/c1-10(14)13(17)16-8-3-2-6-12(16)11-5-4-7-15-9-11/h2-5,7,9-10,12H,6,8,14H2,1H3/t10-,12?/m0/s1. The van der Waals surface area contributed by atoms with Gasteiger partial charge in [-0.3, -0.25) is 9.78 Å². The summed E-state index contributed by atoms with van der Waals surface area (Å²) < 4.78 is 0. The first kappa shape index (κ1) is 11.8. The fourth-order valence-corrected chi connectivity index (χ4v) is 2.06. The van der Waals surface area contributed by atoms with Crippen molar-refractivity contribution in [3.05, 3.63) is 42.2 Å². The second-order valence-electron chi connectivity index (χ2n) is 4.29. The maximum atomic E-state index is 12.0. The van der Waals surface area contributed by atoms with Crippen LogP contribution >= 0.6 is 0 Å². The number of pyridine rings is 1. The highest BCUT2D eigenvalue weighted by Gasteiger charge is 2.27. The van der Waals surface area contributed by atoms with Gasteiger partial charge >= 0.3 is 0 Å². The number of aromatic nitrogens is 1. The molecule has 2 atom stereocenters. The van der Waals surface area contributed by atoms with Crippen LogP contribution in [0.25, 0.3) is 0 Å². The van der Waals surface area contributed by atoms with Gasteiger partial charge in [-0.1, -0.05) is 18.2 Å². The van der Waals surface area contributed by atoms with Crippen LogP contribution in [0.1, 0.15) is 24.9 Å². The van der Waals surface area contributed by atoms with E-state index in [4.69, 9.17) is 5.73 Å². The Bertz CT molecular complexity index is 414. The monoisotopic (exact) mass is 231 g/mol. The van der Waals surface area contributed by atoms with Crippen molar-refractivity contribution in [2.24, 2.45) is 5.73 Å². The summed E-state index contributed by atoms with van der Waals surface area (Å²) in [6.07, 6.45) is 8.48. The highest BCUT2D eigenvalue weighted by Crippen LogP contribution is 2.27. The minimum atomic E-state index is -0.458. The third kappa shape index (κ3) is 2.53. The lowest BCUT2D eigenvalue weighted by Crippen LogP contribution is -2.45. The number of amides is 1. The second kappa shape index (κ2) is 5.10. The van der Waals surface area contributed by atoms with E-state index >= 15 is 0 Å². The number of hydrogen-bond donors (Lipinski definition) is 1. The van der Waals surface area contributed by atoms with E-state index in [9.17, 15) is 4.79 Å². The number of carbonyl (C=O) groups excluding carboxylic acids is 1. The van der Waals surface area contributed by atoms with Gasteiger partial charge < -0.3 is 10.6 Å². The topological polar surface area (TPSA) is 59.2 Å². The zero-order chi connectivity index (χ0) is 12.3. The van der Waals surface area contributed by atoms with Crippen molar-refractivity contribution in [2.75, 3.05) is 6.54 Å². The summed E-state index contributed by atoms with van der Waals surface area (Å²) in [5.74, 6) is -0.0109. The van der Waals surface area contributed by atoms with Crippen LogP contribution in [-0.2, 0) is 4.79 Å². The molecule has 0 spiro atoms. The molecule has 0 fully saturated rings. The molecule has 2 N–H and O–H groups in total. The third-order valence-corrected chi connectivity index (χ3v) is 2.95. The first-order valence-corrected chi connectivity index (χ1v) is 5.81. The molecule has 0 saturated carbocycles. The zero-order valence-electron chi connectivity index (χ0n) is 9.91. The van der Waals surface area contributed by atoms with Crippen molar-refractivity contribution < 1.29 is 4.79 Å². The summed E-state index contributed by atoms with van der Waals surface area (Å²) in [7, 11) is 0. The van der Waals surface area contributed by atoms with E-state index in [-0.39, 0.29) is 11.9 Å². The summed E-state index contributed by atoms with van der Waals surface area (Å²) in [4.78, 5) is 18.0. The highest BCUT2D eigenvalue weighted by molar-refractivity contribution is 5.82. The maximum Gasteiger partial charge on any atom is 0.240 e. The highest BCUT2D eigenvalue weighted by atomic mass is 16.2. The molecular formula is C13H17N3O. The van der Waals surface area contributed by atoms with Gasteiger partial charge in [0.05, 0.1) is 12.1 Å². The van der Waals surface area contributed by atoms with Gasteiger partial charge in [0.1, 0.15) is 0 Å². The molecule has 0 saturated heterocycles. The Morgan fingerprint density at radius 2 is 2.41 bits per heavy atom. The lowest BCUT2D eigenvalue weighted by atomic mass is 10.00. The van der Waals surface area contributed by atoms with Crippen LogP contribution in [-0.4, -0.2) is 28.4 Å².